The molecule has 8 nitrogen and oxygen atoms in total. The highest BCUT2D eigenvalue weighted by Gasteiger charge is 2.21. The van der Waals surface area contributed by atoms with Gasteiger partial charge in [0.1, 0.15) is 5.82 Å². The van der Waals surface area contributed by atoms with Crippen LogP contribution < -0.4 is 5.56 Å². The van der Waals surface area contributed by atoms with Crippen LogP contribution in [0.5, 0.6) is 0 Å². The van der Waals surface area contributed by atoms with E-state index in [9.17, 15) is 9.59 Å². The predicted molar refractivity (Wildman–Crippen MR) is 97.0 cm³/mol. The van der Waals surface area contributed by atoms with Crippen LogP contribution in [-0.4, -0.2) is 32.5 Å². The van der Waals surface area contributed by atoms with Gasteiger partial charge in [-0.25, -0.2) is 4.98 Å². The van der Waals surface area contributed by atoms with Crippen molar-refractivity contribution in [3.8, 4) is 11.5 Å². The van der Waals surface area contributed by atoms with Crippen LogP contribution >= 0.6 is 0 Å². The summed E-state index contributed by atoms with van der Waals surface area (Å²) in [5.74, 6) is 0.945. The molecule has 0 bridgehead atoms. The number of para-hydroxylation sites is 1. The van der Waals surface area contributed by atoms with Crippen molar-refractivity contribution in [3.05, 3.63) is 70.6 Å². The maximum absolute atomic E-state index is 12.8. The summed E-state index contributed by atoms with van der Waals surface area (Å²) in [6, 6.07) is 12.0. The molecule has 3 heterocycles. The van der Waals surface area contributed by atoms with E-state index in [0.29, 0.717) is 34.8 Å². The first-order valence-corrected chi connectivity index (χ1v) is 8.43. The number of H-pyrrole nitrogens is 1. The molecule has 0 atom stereocenters. The fourth-order valence-electron chi connectivity index (χ4n) is 2.79. The zero-order valence-corrected chi connectivity index (χ0v) is 14.5. The van der Waals surface area contributed by atoms with Gasteiger partial charge in [0.25, 0.3) is 11.5 Å². The van der Waals surface area contributed by atoms with Gasteiger partial charge < -0.3 is 18.8 Å². The Balaban J connectivity index is 1.59. The van der Waals surface area contributed by atoms with E-state index in [1.165, 1.54) is 17.2 Å². The standard InChI is InChI=1S/C19H16N4O4/c1-2-23(11-17-20-13-7-4-3-6-12(13)18(24)21-17)19(25)14-10-16(27-22-14)15-8-5-9-26-15/h3-10H,2,11H2,1H3,(H,20,21,24). The van der Waals surface area contributed by atoms with Crippen molar-refractivity contribution in [3.63, 3.8) is 0 Å². The Morgan fingerprint density at radius 1 is 1.19 bits per heavy atom. The van der Waals surface area contributed by atoms with Gasteiger partial charge in [-0.15, -0.1) is 0 Å². The summed E-state index contributed by atoms with van der Waals surface area (Å²) in [5, 5.41) is 4.34. The molecule has 4 rings (SSSR count). The lowest BCUT2D eigenvalue weighted by molar-refractivity contribution is 0.0738. The molecular formula is C19H16N4O4. The highest BCUT2D eigenvalue weighted by molar-refractivity contribution is 5.93. The number of amides is 1. The van der Waals surface area contributed by atoms with Crippen LogP contribution in [0.4, 0.5) is 0 Å². The third-order valence-electron chi connectivity index (χ3n) is 4.16. The molecule has 8 heteroatoms. The minimum absolute atomic E-state index is 0.151. The number of nitrogens with zero attached hydrogens (tertiary/aromatic N) is 3. The molecule has 0 fully saturated rings. The van der Waals surface area contributed by atoms with E-state index in [-0.39, 0.29) is 23.7 Å². The summed E-state index contributed by atoms with van der Waals surface area (Å²) >= 11 is 0. The number of nitrogens with one attached hydrogen (secondary N) is 1. The summed E-state index contributed by atoms with van der Waals surface area (Å²) in [6.45, 7) is 2.40. The van der Waals surface area contributed by atoms with E-state index in [0.717, 1.165) is 0 Å². The minimum Gasteiger partial charge on any atom is -0.461 e. The van der Waals surface area contributed by atoms with Crippen LogP contribution in [-0.2, 0) is 6.54 Å². The van der Waals surface area contributed by atoms with Gasteiger partial charge in [-0.1, -0.05) is 17.3 Å². The van der Waals surface area contributed by atoms with Crippen molar-refractivity contribution in [1.29, 1.82) is 0 Å². The fourth-order valence-corrected chi connectivity index (χ4v) is 2.79. The molecule has 4 aromatic rings. The van der Waals surface area contributed by atoms with Crippen molar-refractivity contribution in [2.24, 2.45) is 0 Å². The first-order chi connectivity index (χ1) is 13.2. The number of furan rings is 1. The Morgan fingerprint density at radius 3 is 2.81 bits per heavy atom. The zero-order valence-electron chi connectivity index (χ0n) is 14.5. The summed E-state index contributed by atoms with van der Waals surface area (Å²) in [4.78, 5) is 33.7. The SMILES string of the molecule is CCN(Cc1nc2ccccc2c(=O)[nH]1)C(=O)c1cc(-c2ccco2)on1. The number of aromatic nitrogens is 3. The van der Waals surface area contributed by atoms with E-state index < -0.39 is 0 Å². The highest BCUT2D eigenvalue weighted by Crippen LogP contribution is 2.21. The molecule has 27 heavy (non-hydrogen) atoms. The monoisotopic (exact) mass is 364 g/mol. The van der Waals surface area contributed by atoms with E-state index >= 15 is 0 Å². The normalized spacial score (nSPS) is 11.0. The van der Waals surface area contributed by atoms with Crippen molar-refractivity contribution < 1.29 is 13.7 Å². The number of carbonyl (C=O) groups excluding carboxylic acids is 1. The van der Waals surface area contributed by atoms with Gasteiger partial charge in [-0.05, 0) is 31.2 Å². The lowest BCUT2D eigenvalue weighted by atomic mass is 10.2. The first kappa shape index (κ1) is 16.8. The van der Waals surface area contributed by atoms with Gasteiger partial charge in [0.05, 0.1) is 23.7 Å². The third kappa shape index (κ3) is 3.24. The van der Waals surface area contributed by atoms with Crippen molar-refractivity contribution in [2.45, 2.75) is 13.5 Å². The molecule has 0 aliphatic heterocycles. The molecule has 1 aromatic carbocycles. The summed E-state index contributed by atoms with van der Waals surface area (Å²) in [6.07, 6.45) is 1.51. The second kappa shape index (κ2) is 6.91. The van der Waals surface area contributed by atoms with Gasteiger partial charge >= 0.3 is 0 Å². The highest BCUT2D eigenvalue weighted by atomic mass is 16.5. The van der Waals surface area contributed by atoms with Crippen LogP contribution in [0.3, 0.4) is 0 Å². The molecule has 0 aliphatic rings. The van der Waals surface area contributed by atoms with Gasteiger partial charge in [0.2, 0.25) is 5.76 Å². The minimum atomic E-state index is -0.324. The number of benzene rings is 1. The van der Waals surface area contributed by atoms with E-state index in [1.807, 2.05) is 13.0 Å². The molecule has 1 N–H and O–H groups in total. The summed E-state index contributed by atoms with van der Waals surface area (Å²) in [5.41, 5.74) is 0.508. The zero-order chi connectivity index (χ0) is 18.8. The molecule has 3 aromatic heterocycles. The molecule has 0 unspecified atom stereocenters. The third-order valence-corrected chi connectivity index (χ3v) is 4.16. The number of rotatable bonds is 5. The van der Waals surface area contributed by atoms with Gasteiger partial charge in [-0.3, -0.25) is 9.59 Å². The maximum Gasteiger partial charge on any atom is 0.276 e. The smallest absolute Gasteiger partial charge is 0.276 e. The Bertz CT molecular complexity index is 1140. The molecule has 0 aliphatic carbocycles. The van der Waals surface area contributed by atoms with Crippen molar-refractivity contribution in [2.75, 3.05) is 6.54 Å². The van der Waals surface area contributed by atoms with Crippen LogP contribution in [0.15, 0.2) is 62.5 Å². The van der Waals surface area contributed by atoms with E-state index in [1.54, 1.807) is 30.3 Å². The topological polar surface area (TPSA) is 105 Å². The Labute approximate surface area is 153 Å². The average Bonchev–Trinajstić information content (AvgIpc) is 3.37. The van der Waals surface area contributed by atoms with Crippen molar-refractivity contribution in [1.82, 2.24) is 20.0 Å². The van der Waals surface area contributed by atoms with Crippen LogP contribution in [0.25, 0.3) is 22.4 Å². The number of hydrogen-bond donors (Lipinski definition) is 1. The summed E-state index contributed by atoms with van der Waals surface area (Å²) < 4.78 is 10.4. The fraction of sp³-hybridized carbons (Fsp3) is 0.158. The van der Waals surface area contributed by atoms with Crippen molar-refractivity contribution >= 4 is 16.8 Å². The van der Waals surface area contributed by atoms with Gasteiger partial charge in [0.15, 0.2) is 11.5 Å². The Hall–Kier alpha value is -3.68. The quantitative estimate of drug-likeness (QED) is 0.584. The van der Waals surface area contributed by atoms with Gasteiger partial charge in [-0.2, -0.15) is 0 Å². The molecule has 136 valence electrons. The second-order valence-corrected chi connectivity index (χ2v) is 5.90. The van der Waals surface area contributed by atoms with E-state index in [4.69, 9.17) is 8.94 Å². The molecule has 1 amide bonds. The lowest BCUT2D eigenvalue weighted by Gasteiger charge is -2.18. The van der Waals surface area contributed by atoms with E-state index in [2.05, 4.69) is 15.1 Å². The first-order valence-electron chi connectivity index (χ1n) is 8.43. The molecular weight excluding hydrogens is 348 g/mol. The van der Waals surface area contributed by atoms with Crippen LogP contribution in [0.2, 0.25) is 0 Å². The van der Waals surface area contributed by atoms with Gasteiger partial charge in [0, 0.05) is 12.6 Å². The Morgan fingerprint density at radius 2 is 2.04 bits per heavy atom. The largest absolute Gasteiger partial charge is 0.461 e. The molecule has 0 saturated carbocycles. The number of hydrogen-bond acceptors (Lipinski definition) is 6. The number of aromatic amines is 1. The Kier molecular flexibility index (Phi) is 4.29. The molecule has 0 spiro atoms. The maximum atomic E-state index is 12.8. The predicted octanol–water partition coefficient (Wildman–Crippen LogP) is 2.83. The lowest BCUT2D eigenvalue weighted by Crippen LogP contribution is -2.32. The molecule has 0 saturated heterocycles. The second-order valence-electron chi connectivity index (χ2n) is 5.90. The van der Waals surface area contributed by atoms with Crippen LogP contribution in [0.1, 0.15) is 23.2 Å². The summed E-state index contributed by atoms with van der Waals surface area (Å²) in [7, 11) is 0. The molecule has 0 radical (unpaired) electrons. The van der Waals surface area contributed by atoms with Crippen LogP contribution in [0, 0.1) is 0 Å². The number of carbonyl (C=O) groups is 1. The average molecular weight is 364 g/mol. The number of fused-ring (bicyclic) bond motifs is 1.